The summed E-state index contributed by atoms with van der Waals surface area (Å²) >= 11 is 3.42. The van der Waals surface area contributed by atoms with Gasteiger partial charge in [0.15, 0.2) is 0 Å². The Morgan fingerprint density at radius 3 is 2.80 bits per heavy atom. The van der Waals surface area contributed by atoms with Gasteiger partial charge in [-0.25, -0.2) is 0 Å². The molecule has 110 valence electrons. The summed E-state index contributed by atoms with van der Waals surface area (Å²) in [6.07, 6.45) is -0.785. The molecule has 1 aliphatic carbocycles. The van der Waals surface area contributed by atoms with Crippen LogP contribution >= 0.6 is 15.9 Å². The van der Waals surface area contributed by atoms with Crippen LogP contribution in [0.15, 0.2) is 22.7 Å². The molecule has 1 saturated carbocycles. The summed E-state index contributed by atoms with van der Waals surface area (Å²) in [4.78, 5) is 0. The van der Waals surface area contributed by atoms with Gasteiger partial charge in [-0.15, -0.1) is 0 Å². The molecule has 2 aliphatic rings. The van der Waals surface area contributed by atoms with Crippen molar-refractivity contribution in [3.63, 3.8) is 0 Å². The highest BCUT2D eigenvalue weighted by atomic mass is 79.9. The van der Waals surface area contributed by atoms with Gasteiger partial charge in [0, 0.05) is 16.5 Å². The SMILES string of the molecule is CC1(C)C[C@@H](O)[C@@H](O)[C@]2(C1)OCc1cc(Br)ccc1O2. The molecule has 1 spiro atoms. The maximum absolute atomic E-state index is 10.4. The summed E-state index contributed by atoms with van der Waals surface area (Å²) in [7, 11) is 0. The largest absolute Gasteiger partial charge is 0.459 e. The van der Waals surface area contributed by atoms with Gasteiger partial charge in [-0.2, -0.15) is 0 Å². The predicted molar refractivity (Wildman–Crippen MR) is 77.3 cm³/mol. The van der Waals surface area contributed by atoms with E-state index in [1.165, 1.54) is 0 Å². The second kappa shape index (κ2) is 4.70. The van der Waals surface area contributed by atoms with Crippen LogP contribution in [0, 0.1) is 5.41 Å². The zero-order valence-electron chi connectivity index (χ0n) is 11.6. The molecule has 0 saturated heterocycles. The highest BCUT2D eigenvalue weighted by Crippen LogP contribution is 2.47. The van der Waals surface area contributed by atoms with Gasteiger partial charge in [0.05, 0.1) is 12.7 Å². The zero-order chi connectivity index (χ0) is 14.5. The van der Waals surface area contributed by atoms with Crippen molar-refractivity contribution in [1.82, 2.24) is 0 Å². The monoisotopic (exact) mass is 342 g/mol. The maximum atomic E-state index is 10.4. The number of benzene rings is 1. The number of aliphatic hydroxyl groups excluding tert-OH is 2. The first-order valence-electron chi connectivity index (χ1n) is 6.79. The minimum atomic E-state index is -1.15. The van der Waals surface area contributed by atoms with E-state index in [1.807, 2.05) is 32.0 Å². The van der Waals surface area contributed by atoms with Crippen LogP contribution in [0.3, 0.4) is 0 Å². The van der Waals surface area contributed by atoms with Crippen LogP contribution in [0.2, 0.25) is 0 Å². The molecule has 1 fully saturated rings. The summed E-state index contributed by atoms with van der Waals surface area (Å²) in [5.41, 5.74) is 0.793. The van der Waals surface area contributed by atoms with E-state index in [-0.39, 0.29) is 5.41 Å². The van der Waals surface area contributed by atoms with Crippen LogP contribution in [0.25, 0.3) is 0 Å². The van der Waals surface area contributed by atoms with Gasteiger partial charge in [0.2, 0.25) is 5.79 Å². The molecule has 1 aromatic carbocycles. The molecule has 0 bridgehead atoms. The molecule has 3 rings (SSSR count). The Bertz CT molecular complexity index is 531. The third-order valence-corrected chi connectivity index (χ3v) is 4.57. The fraction of sp³-hybridized carbons (Fsp3) is 0.600. The summed E-state index contributed by atoms with van der Waals surface area (Å²) in [6, 6.07) is 5.71. The number of ether oxygens (including phenoxy) is 2. The van der Waals surface area contributed by atoms with Gasteiger partial charge >= 0.3 is 0 Å². The van der Waals surface area contributed by atoms with Crippen LogP contribution in [0.5, 0.6) is 5.75 Å². The van der Waals surface area contributed by atoms with E-state index >= 15 is 0 Å². The Balaban J connectivity index is 1.95. The minimum absolute atomic E-state index is 0.147. The van der Waals surface area contributed by atoms with Crippen LogP contribution in [0.4, 0.5) is 0 Å². The Hall–Kier alpha value is -0.620. The quantitative estimate of drug-likeness (QED) is 0.760. The van der Waals surface area contributed by atoms with Crippen LogP contribution in [-0.4, -0.2) is 28.2 Å². The maximum Gasteiger partial charge on any atom is 0.240 e. The van der Waals surface area contributed by atoms with E-state index in [0.717, 1.165) is 10.0 Å². The van der Waals surface area contributed by atoms with Crippen molar-refractivity contribution in [2.24, 2.45) is 5.41 Å². The fourth-order valence-corrected chi connectivity index (χ4v) is 3.63. The number of fused-ring (bicyclic) bond motifs is 1. The third kappa shape index (κ3) is 2.37. The first-order valence-corrected chi connectivity index (χ1v) is 7.58. The van der Waals surface area contributed by atoms with E-state index in [0.29, 0.717) is 25.2 Å². The van der Waals surface area contributed by atoms with Gasteiger partial charge in [0.25, 0.3) is 0 Å². The number of hydrogen-bond acceptors (Lipinski definition) is 4. The first kappa shape index (κ1) is 14.3. The van der Waals surface area contributed by atoms with E-state index < -0.39 is 18.0 Å². The van der Waals surface area contributed by atoms with Crippen molar-refractivity contribution in [3.8, 4) is 5.75 Å². The van der Waals surface area contributed by atoms with Crippen molar-refractivity contribution in [2.75, 3.05) is 0 Å². The molecule has 2 N–H and O–H groups in total. The Morgan fingerprint density at radius 1 is 1.30 bits per heavy atom. The zero-order valence-corrected chi connectivity index (χ0v) is 13.2. The topological polar surface area (TPSA) is 58.9 Å². The molecule has 3 atom stereocenters. The van der Waals surface area contributed by atoms with E-state index in [4.69, 9.17) is 9.47 Å². The molecule has 1 aromatic rings. The molecule has 0 aromatic heterocycles. The lowest BCUT2D eigenvalue weighted by atomic mass is 9.71. The number of aliphatic hydroxyl groups is 2. The lowest BCUT2D eigenvalue weighted by molar-refractivity contribution is -0.305. The second-order valence-electron chi connectivity index (χ2n) is 6.51. The predicted octanol–water partition coefficient (Wildman–Crippen LogP) is 2.60. The Labute approximate surface area is 126 Å². The molecule has 5 heteroatoms. The second-order valence-corrected chi connectivity index (χ2v) is 7.43. The van der Waals surface area contributed by atoms with Gasteiger partial charge in [-0.3, -0.25) is 0 Å². The fourth-order valence-electron chi connectivity index (χ4n) is 3.22. The normalized spacial score (nSPS) is 35.5. The number of hydrogen-bond donors (Lipinski definition) is 2. The Kier molecular flexibility index (Phi) is 3.36. The first-order chi connectivity index (χ1) is 9.31. The molecular formula is C15H19BrO4. The van der Waals surface area contributed by atoms with Gasteiger partial charge < -0.3 is 19.7 Å². The molecular weight excluding hydrogens is 324 g/mol. The van der Waals surface area contributed by atoms with Crippen LogP contribution in [0.1, 0.15) is 32.3 Å². The molecule has 20 heavy (non-hydrogen) atoms. The van der Waals surface area contributed by atoms with Crippen molar-refractivity contribution in [1.29, 1.82) is 0 Å². The Morgan fingerprint density at radius 2 is 2.05 bits per heavy atom. The average Bonchev–Trinajstić information content (AvgIpc) is 2.35. The number of rotatable bonds is 0. The summed E-state index contributed by atoms with van der Waals surface area (Å²) in [6.45, 7) is 4.47. The van der Waals surface area contributed by atoms with Crippen molar-refractivity contribution < 1.29 is 19.7 Å². The standard InChI is InChI=1S/C15H19BrO4/c1-14(2)6-11(17)13(18)15(8-14)19-7-9-5-10(16)3-4-12(9)20-15/h3-5,11,13,17-18H,6-8H2,1-2H3/t11-,13-,15-/m1/s1. The van der Waals surface area contributed by atoms with E-state index in [9.17, 15) is 10.2 Å². The van der Waals surface area contributed by atoms with Crippen molar-refractivity contribution >= 4 is 15.9 Å². The highest BCUT2D eigenvalue weighted by molar-refractivity contribution is 9.10. The summed E-state index contributed by atoms with van der Waals surface area (Å²) < 4.78 is 12.8. The van der Waals surface area contributed by atoms with Crippen molar-refractivity contribution in [2.45, 2.75) is 51.3 Å². The third-order valence-electron chi connectivity index (χ3n) is 4.08. The molecule has 1 heterocycles. The van der Waals surface area contributed by atoms with Crippen molar-refractivity contribution in [3.05, 3.63) is 28.2 Å². The minimum Gasteiger partial charge on any atom is -0.459 e. The van der Waals surface area contributed by atoms with Gasteiger partial charge in [-0.1, -0.05) is 29.8 Å². The van der Waals surface area contributed by atoms with E-state index in [1.54, 1.807) is 0 Å². The average molecular weight is 343 g/mol. The molecule has 0 amide bonds. The van der Waals surface area contributed by atoms with Gasteiger partial charge in [-0.05, 0) is 30.0 Å². The van der Waals surface area contributed by atoms with E-state index in [2.05, 4.69) is 15.9 Å². The summed E-state index contributed by atoms with van der Waals surface area (Å²) in [5, 5.41) is 20.5. The lowest BCUT2D eigenvalue weighted by Crippen LogP contribution is -2.62. The molecule has 0 radical (unpaired) electrons. The smallest absolute Gasteiger partial charge is 0.240 e. The lowest BCUT2D eigenvalue weighted by Gasteiger charge is -2.50. The van der Waals surface area contributed by atoms with Crippen LogP contribution < -0.4 is 4.74 Å². The molecule has 0 unspecified atom stereocenters. The van der Waals surface area contributed by atoms with Crippen LogP contribution in [-0.2, 0) is 11.3 Å². The molecule has 1 aliphatic heterocycles. The van der Waals surface area contributed by atoms with Gasteiger partial charge in [0.1, 0.15) is 11.9 Å². The summed E-state index contributed by atoms with van der Waals surface area (Å²) in [5.74, 6) is -0.439. The molecule has 4 nitrogen and oxygen atoms in total. The number of halogens is 1. The highest BCUT2D eigenvalue weighted by Gasteiger charge is 2.55.